The minimum absolute atomic E-state index is 0.0184. The van der Waals surface area contributed by atoms with E-state index in [4.69, 9.17) is 9.05 Å². The van der Waals surface area contributed by atoms with Gasteiger partial charge in [0.1, 0.15) is 13.2 Å². The van der Waals surface area contributed by atoms with Crippen molar-refractivity contribution < 1.29 is 32.9 Å². The van der Waals surface area contributed by atoms with Crippen LogP contribution in [-0.4, -0.2) is 68.5 Å². The second kappa shape index (κ2) is 50.4. The van der Waals surface area contributed by atoms with E-state index in [1.165, 1.54) is 109 Å². The Hall–Kier alpha value is -2.58. The largest absolute Gasteiger partial charge is 0.756 e. The summed E-state index contributed by atoms with van der Waals surface area (Å²) in [6, 6.07) is -0.928. The zero-order valence-electron chi connectivity index (χ0n) is 45.2. The van der Waals surface area contributed by atoms with Crippen molar-refractivity contribution in [3.8, 4) is 0 Å². The maximum absolute atomic E-state index is 12.9. The SMILES string of the molecule is CC/C=C\C/C=C\C/C=C\C/C=C\C/C=C\CCCCCCCC(=O)NC(COP(=O)([O-])OCC[N+](C)(C)C)C(O)/C=C/CC/C=C/CC/C=C/CCCCCCCCCCCCCCCCCC. The van der Waals surface area contributed by atoms with Gasteiger partial charge in [-0.2, -0.15) is 0 Å². The number of amides is 1. The van der Waals surface area contributed by atoms with Gasteiger partial charge in [-0.1, -0.05) is 227 Å². The first-order valence-corrected chi connectivity index (χ1v) is 29.6. The van der Waals surface area contributed by atoms with Crippen LogP contribution >= 0.6 is 7.82 Å². The predicted octanol–water partition coefficient (Wildman–Crippen LogP) is 16.4. The molecule has 0 rings (SSSR count). The zero-order valence-corrected chi connectivity index (χ0v) is 46.1. The molecule has 0 bridgehead atoms. The molecule has 2 N–H and O–H groups in total. The maximum Gasteiger partial charge on any atom is 0.268 e. The van der Waals surface area contributed by atoms with Crippen molar-refractivity contribution in [2.45, 2.75) is 238 Å². The van der Waals surface area contributed by atoms with Crippen LogP contribution in [0.15, 0.2) is 97.2 Å². The van der Waals surface area contributed by atoms with E-state index in [1.54, 1.807) is 6.08 Å². The molecular weight excluding hydrogens is 876 g/mol. The number of hydrogen-bond acceptors (Lipinski definition) is 6. The van der Waals surface area contributed by atoms with E-state index in [9.17, 15) is 19.4 Å². The lowest BCUT2D eigenvalue weighted by Crippen LogP contribution is -2.45. The first-order chi connectivity index (χ1) is 33.5. The number of phosphoric acid groups is 1. The molecular formula is C60H107N2O6P. The molecule has 0 aromatic heterocycles. The second-order valence-electron chi connectivity index (χ2n) is 19.9. The Labute approximate surface area is 426 Å². The molecule has 3 atom stereocenters. The molecule has 69 heavy (non-hydrogen) atoms. The number of hydrogen-bond donors (Lipinski definition) is 2. The van der Waals surface area contributed by atoms with E-state index >= 15 is 0 Å². The summed E-state index contributed by atoms with van der Waals surface area (Å²) >= 11 is 0. The van der Waals surface area contributed by atoms with E-state index in [0.29, 0.717) is 17.4 Å². The van der Waals surface area contributed by atoms with Crippen LogP contribution in [0.1, 0.15) is 226 Å². The maximum atomic E-state index is 12.9. The standard InChI is InChI=1S/C60H107N2O6P/c1-6-8-10-12-14-16-18-20-22-24-26-28-29-30-31-32-34-35-37-39-41-43-45-47-49-51-53-59(63)58(57-68-69(65,66)67-56-55-62(3,4)5)61-60(64)54-52-50-48-46-44-42-40-38-36-33-27-25-23-21-19-17-15-13-11-9-7-2/h9,11,15,17,21,23,27,33,35,37-38,40,43,45,51,53,58-59,63H,6-8,10,12-14,16,18-20,22,24-26,28-32,34,36,39,41-42,44,46-50,52,54-57H2,1-5H3,(H-,61,64,65,66)/b11-9-,17-15-,23-21-,33-27-,37-35+,40-38-,45-43+,53-51+. The molecule has 0 aliphatic heterocycles. The number of aliphatic hydroxyl groups excluding tert-OH is 1. The van der Waals surface area contributed by atoms with Crippen molar-refractivity contribution in [1.29, 1.82) is 0 Å². The first kappa shape index (κ1) is 66.4. The molecule has 9 heteroatoms. The number of carbonyl (C=O) groups excluding carboxylic acids is 1. The van der Waals surface area contributed by atoms with Crippen LogP contribution in [0.25, 0.3) is 0 Å². The zero-order chi connectivity index (χ0) is 50.6. The summed E-state index contributed by atoms with van der Waals surface area (Å²) in [5, 5.41) is 13.8. The number of phosphoric ester groups is 1. The monoisotopic (exact) mass is 983 g/mol. The molecule has 8 nitrogen and oxygen atoms in total. The van der Waals surface area contributed by atoms with Gasteiger partial charge >= 0.3 is 0 Å². The lowest BCUT2D eigenvalue weighted by atomic mass is 10.0. The number of allylic oxidation sites excluding steroid dienone is 15. The normalized spacial score (nSPS) is 14.7. The van der Waals surface area contributed by atoms with E-state index in [1.807, 2.05) is 27.2 Å². The lowest BCUT2D eigenvalue weighted by molar-refractivity contribution is -0.870. The van der Waals surface area contributed by atoms with Gasteiger partial charge in [0.05, 0.1) is 39.9 Å². The smallest absolute Gasteiger partial charge is 0.268 e. The van der Waals surface area contributed by atoms with Gasteiger partial charge in [-0.05, 0) is 89.9 Å². The Bertz CT molecular complexity index is 1440. The number of carbonyl (C=O) groups is 1. The molecule has 0 aromatic rings. The predicted molar refractivity (Wildman–Crippen MR) is 297 cm³/mol. The van der Waals surface area contributed by atoms with Crippen LogP contribution < -0.4 is 10.2 Å². The van der Waals surface area contributed by atoms with Gasteiger partial charge < -0.3 is 28.8 Å². The summed E-state index contributed by atoms with van der Waals surface area (Å²) in [7, 11) is 1.21. The van der Waals surface area contributed by atoms with Crippen molar-refractivity contribution in [3.63, 3.8) is 0 Å². The van der Waals surface area contributed by atoms with Crippen molar-refractivity contribution >= 4 is 13.7 Å². The minimum atomic E-state index is -4.62. The molecule has 0 heterocycles. The van der Waals surface area contributed by atoms with Crippen LogP contribution in [0.3, 0.4) is 0 Å². The van der Waals surface area contributed by atoms with Crippen LogP contribution in [0, 0.1) is 0 Å². The van der Waals surface area contributed by atoms with Crippen molar-refractivity contribution in [3.05, 3.63) is 97.2 Å². The van der Waals surface area contributed by atoms with Gasteiger partial charge in [0.25, 0.3) is 7.82 Å². The average molecular weight is 983 g/mol. The van der Waals surface area contributed by atoms with Crippen molar-refractivity contribution in [2.75, 3.05) is 40.9 Å². The fourth-order valence-electron chi connectivity index (χ4n) is 7.62. The summed E-state index contributed by atoms with van der Waals surface area (Å²) in [5.74, 6) is -0.233. The van der Waals surface area contributed by atoms with Gasteiger partial charge in [-0.15, -0.1) is 0 Å². The van der Waals surface area contributed by atoms with E-state index in [0.717, 1.165) is 96.3 Å². The second-order valence-corrected chi connectivity index (χ2v) is 21.3. The number of nitrogens with one attached hydrogen (secondary N) is 1. The third kappa shape index (κ3) is 53.1. The molecule has 0 saturated carbocycles. The molecule has 0 saturated heterocycles. The number of unbranched alkanes of at least 4 members (excludes halogenated alkanes) is 23. The summed E-state index contributed by atoms with van der Waals surface area (Å²) < 4.78 is 23.3. The first-order valence-electron chi connectivity index (χ1n) is 28.1. The number of likely N-dealkylation sites (N-methyl/N-ethyl adjacent to an activating group) is 1. The number of rotatable bonds is 50. The average Bonchev–Trinajstić information content (AvgIpc) is 3.31. The number of aliphatic hydroxyl groups is 1. The fraction of sp³-hybridized carbons (Fsp3) is 0.717. The highest BCUT2D eigenvalue weighted by Crippen LogP contribution is 2.38. The topological polar surface area (TPSA) is 108 Å². The van der Waals surface area contributed by atoms with Crippen LogP contribution in [-0.2, 0) is 18.4 Å². The molecule has 398 valence electrons. The highest BCUT2D eigenvalue weighted by atomic mass is 31.2. The Morgan fingerprint density at radius 3 is 1.35 bits per heavy atom. The third-order valence-corrected chi connectivity index (χ3v) is 13.0. The lowest BCUT2D eigenvalue weighted by Gasteiger charge is -2.29. The summed E-state index contributed by atoms with van der Waals surface area (Å²) in [6.45, 7) is 4.49. The number of nitrogens with zero attached hydrogens (tertiary/aromatic N) is 1. The van der Waals surface area contributed by atoms with Crippen LogP contribution in [0.4, 0.5) is 0 Å². The fourth-order valence-corrected chi connectivity index (χ4v) is 8.35. The van der Waals surface area contributed by atoms with E-state index in [2.05, 4.69) is 104 Å². The highest BCUT2D eigenvalue weighted by molar-refractivity contribution is 7.45. The molecule has 0 fully saturated rings. The Morgan fingerprint density at radius 1 is 0.522 bits per heavy atom. The summed E-state index contributed by atoms with van der Waals surface area (Å²) in [4.78, 5) is 25.5. The van der Waals surface area contributed by atoms with Crippen molar-refractivity contribution in [1.82, 2.24) is 5.32 Å². The molecule has 0 aliphatic rings. The Balaban J connectivity index is 4.37. The highest BCUT2D eigenvalue weighted by Gasteiger charge is 2.23. The van der Waals surface area contributed by atoms with E-state index < -0.39 is 26.6 Å². The Kier molecular flexibility index (Phi) is 48.5. The number of quaternary nitrogens is 1. The quantitative estimate of drug-likeness (QED) is 0.0272. The molecule has 0 aromatic carbocycles. The minimum Gasteiger partial charge on any atom is -0.756 e. The van der Waals surface area contributed by atoms with Crippen LogP contribution in [0.2, 0.25) is 0 Å². The molecule has 1 amide bonds. The summed E-state index contributed by atoms with van der Waals surface area (Å²) in [6.07, 6.45) is 72.0. The molecule has 0 radical (unpaired) electrons. The van der Waals surface area contributed by atoms with Gasteiger partial charge in [0.2, 0.25) is 5.91 Å². The Morgan fingerprint density at radius 2 is 0.899 bits per heavy atom. The van der Waals surface area contributed by atoms with Gasteiger partial charge in [-0.25, -0.2) is 0 Å². The van der Waals surface area contributed by atoms with Gasteiger partial charge in [0.15, 0.2) is 0 Å². The van der Waals surface area contributed by atoms with Gasteiger partial charge in [0, 0.05) is 6.42 Å². The molecule has 0 spiro atoms. The van der Waals surface area contributed by atoms with Crippen LogP contribution in [0.5, 0.6) is 0 Å². The summed E-state index contributed by atoms with van der Waals surface area (Å²) in [5.41, 5.74) is 0. The van der Waals surface area contributed by atoms with E-state index in [-0.39, 0.29) is 12.5 Å². The van der Waals surface area contributed by atoms with Gasteiger partial charge in [-0.3, -0.25) is 9.36 Å². The third-order valence-electron chi connectivity index (χ3n) is 12.0. The van der Waals surface area contributed by atoms with Crippen molar-refractivity contribution in [2.24, 2.45) is 0 Å². The molecule has 3 unspecified atom stereocenters. The molecule has 0 aliphatic carbocycles.